The van der Waals surface area contributed by atoms with Gasteiger partial charge in [0.25, 0.3) is 0 Å². The number of methoxy groups -OCH3 is 1. The highest BCUT2D eigenvalue weighted by Gasteiger charge is 2.35. The van der Waals surface area contributed by atoms with E-state index in [1.54, 1.807) is 7.11 Å². The molecule has 6 heteroatoms. The normalized spacial score (nSPS) is 21.9. The third kappa shape index (κ3) is 4.51. The summed E-state index contributed by atoms with van der Waals surface area (Å²) in [4.78, 5) is 30.3. The molecular formula is C26H33N3O3. The van der Waals surface area contributed by atoms with Crippen LogP contribution in [0.4, 0.5) is 0 Å². The minimum Gasteiger partial charge on any atom is -0.378 e. The molecule has 2 heterocycles. The van der Waals surface area contributed by atoms with Gasteiger partial charge in [-0.2, -0.15) is 5.26 Å². The maximum Gasteiger partial charge on any atom is 0.179 e. The molecule has 170 valence electrons. The average Bonchev–Trinajstić information content (AvgIpc) is 2.80. The Balaban J connectivity index is 1.61. The summed E-state index contributed by atoms with van der Waals surface area (Å²) in [7, 11) is 3.86. The monoisotopic (exact) mass is 435 g/mol. The van der Waals surface area contributed by atoms with Crippen molar-refractivity contribution in [3.05, 3.63) is 40.5 Å². The lowest BCUT2D eigenvalue weighted by Crippen LogP contribution is -2.43. The van der Waals surface area contributed by atoms with E-state index in [0.717, 1.165) is 49.9 Å². The number of nitriles is 1. The van der Waals surface area contributed by atoms with Crippen LogP contribution in [-0.4, -0.2) is 67.3 Å². The molecule has 2 saturated heterocycles. The fourth-order valence-corrected chi connectivity index (χ4v) is 5.15. The van der Waals surface area contributed by atoms with E-state index in [2.05, 4.69) is 29.8 Å². The third-order valence-electron chi connectivity index (χ3n) is 7.61. The van der Waals surface area contributed by atoms with Crippen molar-refractivity contribution in [1.82, 2.24) is 9.80 Å². The number of ether oxygens (including phenoxy) is 1. The van der Waals surface area contributed by atoms with Crippen LogP contribution in [0.5, 0.6) is 0 Å². The van der Waals surface area contributed by atoms with E-state index in [1.807, 2.05) is 18.2 Å². The molecule has 0 radical (unpaired) electrons. The maximum atomic E-state index is 13.1. The number of allylic oxidation sites excluding steroid dienone is 1. The van der Waals surface area contributed by atoms with Crippen LogP contribution in [0.2, 0.25) is 0 Å². The number of benzene rings is 1. The predicted octanol–water partition coefficient (Wildman–Crippen LogP) is 3.46. The Morgan fingerprint density at radius 3 is 2.53 bits per heavy atom. The Morgan fingerprint density at radius 2 is 1.91 bits per heavy atom. The van der Waals surface area contributed by atoms with Crippen molar-refractivity contribution in [2.45, 2.75) is 51.0 Å². The van der Waals surface area contributed by atoms with Crippen LogP contribution in [0.25, 0.3) is 5.70 Å². The number of piperidine rings is 2. The Hall–Kier alpha value is -2.49. The van der Waals surface area contributed by atoms with Gasteiger partial charge in [-0.3, -0.25) is 9.59 Å². The second-order valence-corrected chi connectivity index (χ2v) is 9.82. The van der Waals surface area contributed by atoms with E-state index in [9.17, 15) is 14.9 Å². The van der Waals surface area contributed by atoms with Gasteiger partial charge in [-0.15, -0.1) is 0 Å². The molecule has 0 saturated carbocycles. The molecule has 32 heavy (non-hydrogen) atoms. The first-order valence-corrected chi connectivity index (χ1v) is 11.7. The van der Waals surface area contributed by atoms with Gasteiger partial charge < -0.3 is 14.5 Å². The van der Waals surface area contributed by atoms with Gasteiger partial charge in [-0.1, -0.05) is 12.1 Å². The number of likely N-dealkylation sites (tertiary alicyclic amines) is 2. The lowest BCUT2D eigenvalue weighted by Gasteiger charge is -2.41. The molecule has 1 aromatic carbocycles. The van der Waals surface area contributed by atoms with Crippen LogP contribution in [-0.2, 0) is 16.0 Å². The summed E-state index contributed by atoms with van der Waals surface area (Å²) in [5.74, 6) is 0.443. The van der Waals surface area contributed by atoms with Crippen molar-refractivity contribution < 1.29 is 14.3 Å². The average molecular weight is 436 g/mol. The van der Waals surface area contributed by atoms with E-state index < -0.39 is 0 Å². The van der Waals surface area contributed by atoms with Crippen LogP contribution >= 0.6 is 0 Å². The number of fused-ring (bicyclic) bond motifs is 1. The fraction of sp³-hybridized carbons (Fsp3) is 0.577. The molecule has 2 fully saturated rings. The zero-order chi connectivity index (χ0) is 22.9. The highest BCUT2D eigenvalue weighted by molar-refractivity contribution is 6.10. The molecule has 0 unspecified atom stereocenters. The Morgan fingerprint density at radius 1 is 1.22 bits per heavy atom. The topological polar surface area (TPSA) is 73.6 Å². The summed E-state index contributed by atoms with van der Waals surface area (Å²) in [5.41, 5.74) is 3.20. The van der Waals surface area contributed by atoms with E-state index in [-0.39, 0.29) is 29.2 Å². The first kappa shape index (κ1) is 22.7. The molecule has 0 amide bonds. The van der Waals surface area contributed by atoms with Crippen LogP contribution in [0, 0.1) is 17.2 Å². The van der Waals surface area contributed by atoms with E-state index in [0.29, 0.717) is 36.7 Å². The smallest absolute Gasteiger partial charge is 0.179 e. The van der Waals surface area contributed by atoms with Crippen LogP contribution < -0.4 is 0 Å². The molecule has 2 aliphatic heterocycles. The molecule has 0 N–H and O–H groups in total. The van der Waals surface area contributed by atoms with Gasteiger partial charge in [-0.25, -0.2) is 0 Å². The summed E-state index contributed by atoms with van der Waals surface area (Å²) in [5, 5.41) is 9.80. The standard InChI is InChI=1S/C26H33N3O3/c1-26(32-3)8-12-29(13-9-26)25-21-15-20(5-4-19(21)16-24(31)22(25)17-27)23(30)14-18-6-10-28(2)11-7-18/h4-5,15,18H,6-14,16H2,1-3H3. The SMILES string of the molecule is COC1(C)CCN(C2=C(C#N)C(=O)Cc3ccc(C(=O)CC4CCN(C)CC4)cc32)CC1. The van der Waals surface area contributed by atoms with Gasteiger partial charge in [0, 0.05) is 44.2 Å². The van der Waals surface area contributed by atoms with Gasteiger partial charge in [0.2, 0.25) is 0 Å². The first-order valence-electron chi connectivity index (χ1n) is 11.7. The number of ketones is 2. The van der Waals surface area contributed by atoms with Gasteiger partial charge in [0.05, 0.1) is 11.3 Å². The summed E-state index contributed by atoms with van der Waals surface area (Å²) in [6, 6.07) is 7.86. The largest absolute Gasteiger partial charge is 0.378 e. The van der Waals surface area contributed by atoms with Crippen molar-refractivity contribution >= 4 is 17.3 Å². The summed E-state index contributed by atoms with van der Waals surface area (Å²) < 4.78 is 5.67. The molecule has 1 aromatic rings. The number of hydrogen-bond donors (Lipinski definition) is 0. The molecule has 0 bridgehead atoms. The Bertz CT molecular complexity index is 975. The van der Waals surface area contributed by atoms with Crippen molar-refractivity contribution in [2.24, 2.45) is 5.92 Å². The van der Waals surface area contributed by atoms with Crippen molar-refractivity contribution in [2.75, 3.05) is 40.3 Å². The Labute approximate surface area is 190 Å². The molecule has 6 nitrogen and oxygen atoms in total. The van der Waals surface area contributed by atoms with Crippen molar-refractivity contribution in [3.8, 4) is 6.07 Å². The number of rotatable bonds is 5. The number of Topliss-reactive ketones (excluding diaryl/α,β-unsaturated/α-hetero) is 2. The van der Waals surface area contributed by atoms with Gasteiger partial charge in [0.1, 0.15) is 11.6 Å². The Kier molecular flexibility index (Phi) is 6.50. The number of nitrogens with zero attached hydrogens (tertiary/aromatic N) is 3. The maximum absolute atomic E-state index is 13.1. The van der Waals surface area contributed by atoms with E-state index in [4.69, 9.17) is 4.74 Å². The van der Waals surface area contributed by atoms with Crippen LogP contribution in [0.3, 0.4) is 0 Å². The summed E-state index contributed by atoms with van der Waals surface area (Å²) in [6.07, 6.45) is 4.53. The lowest BCUT2D eigenvalue weighted by molar-refractivity contribution is -0.114. The highest BCUT2D eigenvalue weighted by Crippen LogP contribution is 2.37. The van der Waals surface area contributed by atoms with Crippen LogP contribution in [0.1, 0.15) is 60.5 Å². The fourth-order valence-electron chi connectivity index (χ4n) is 5.15. The molecule has 3 aliphatic rings. The second kappa shape index (κ2) is 9.17. The number of carbonyl (C=O) groups excluding carboxylic acids is 2. The van der Waals surface area contributed by atoms with E-state index in [1.165, 1.54) is 0 Å². The zero-order valence-corrected chi connectivity index (χ0v) is 19.4. The van der Waals surface area contributed by atoms with Gasteiger partial charge in [0.15, 0.2) is 11.6 Å². The minimum atomic E-state index is -0.183. The third-order valence-corrected chi connectivity index (χ3v) is 7.61. The number of hydrogen-bond acceptors (Lipinski definition) is 6. The molecule has 0 spiro atoms. The molecule has 1 aliphatic carbocycles. The molecular weight excluding hydrogens is 402 g/mol. The van der Waals surface area contributed by atoms with Gasteiger partial charge in [-0.05, 0) is 70.3 Å². The van der Waals surface area contributed by atoms with Gasteiger partial charge >= 0.3 is 0 Å². The first-order chi connectivity index (χ1) is 15.3. The quantitative estimate of drug-likeness (QED) is 0.660. The van der Waals surface area contributed by atoms with Crippen LogP contribution in [0.15, 0.2) is 23.8 Å². The highest BCUT2D eigenvalue weighted by atomic mass is 16.5. The predicted molar refractivity (Wildman–Crippen MR) is 123 cm³/mol. The second-order valence-electron chi connectivity index (χ2n) is 9.82. The summed E-state index contributed by atoms with van der Waals surface area (Å²) >= 11 is 0. The van der Waals surface area contributed by atoms with Crippen molar-refractivity contribution in [3.63, 3.8) is 0 Å². The molecule has 0 aromatic heterocycles. The summed E-state index contributed by atoms with van der Waals surface area (Å²) in [6.45, 7) is 5.61. The van der Waals surface area contributed by atoms with Crippen molar-refractivity contribution in [1.29, 1.82) is 5.26 Å². The zero-order valence-electron chi connectivity index (χ0n) is 19.4. The van der Waals surface area contributed by atoms with E-state index >= 15 is 0 Å². The number of carbonyl (C=O) groups is 2. The minimum absolute atomic E-state index is 0.138. The lowest BCUT2D eigenvalue weighted by atomic mass is 9.84. The molecule has 4 rings (SSSR count). The molecule has 0 atom stereocenters.